The minimum atomic E-state index is -0.332. The van der Waals surface area contributed by atoms with Crippen LogP contribution in [0.5, 0.6) is 5.75 Å². The van der Waals surface area contributed by atoms with E-state index in [1.165, 1.54) is 6.08 Å². The Bertz CT molecular complexity index is 1610. The van der Waals surface area contributed by atoms with Gasteiger partial charge in [0.05, 0.1) is 34.7 Å². The summed E-state index contributed by atoms with van der Waals surface area (Å²) in [6.07, 6.45) is 2.82. The fraction of sp³-hybridized carbons (Fsp3) is 0.310. The van der Waals surface area contributed by atoms with Crippen LogP contribution in [-0.4, -0.2) is 70.7 Å². The predicted molar refractivity (Wildman–Crippen MR) is 160 cm³/mol. The van der Waals surface area contributed by atoms with Gasteiger partial charge in [-0.1, -0.05) is 12.6 Å². The summed E-state index contributed by atoms with van der Waals surface area (Å²) in [5.41, 5.74) is 4.34. The van der Waals surface area contributed by atoms with E-state index in [0.717, 1.165) is 35.4 Å². The van der Waals surface area contributed by atoms with Gasteiger partial charge in [-0.3, -0.25) is 9.36 Å². The molecule has 0 saturated heterocycles. The summed E-state index contributed by atoms with van der Waals surface area (Å²) in [7, 11) is 7.72. The molecule has 0 bridgehead atoms. The van der Waals surface area contributed by atoms with E-state index in [1.807, 2.05) is 59.3 Å². The minimum Gasteiger partial charge on any atom is -0.492 e. The van der Waals surface area contributed by atoms with Crippen LogP contribution < -0.4 is 26.0 Å². The van der Waals surface area contributed by atoms with Crippen LogP contribution in [0.4, 0.5) is 23.0 Å². The lowest BCUT2D eigenvalue weighted by atomic mass is 10.2. The number of carbonyl (C=O) groups is 1. The van der Waals surface area contributed by atoms with Gasteiger partial charge in [0.2, 0.25) is 11.9 Å². The summed E-state index contributed by atoms with van der Waals surface area (Å²) >= 11 is 0. The number of aryl methyl sites for hydroxylation is 2. The van der Waals surface area contributed by atoms with E-state index in [2.05, 4.69) is 37.0 Å². The predicted octanol–water partition coefficient (Wildman–Crippen LogP) is 3.69. The number of nitrogens with zero attached hydrogens (tertiary/aromatic N) is 6. The molecule has 210 valence electrons. The van der Waals surface area contributed by atoms with E-state index in [4.69, 9.17) is 4.74 Å². The van der Waals surface area contributed by atoms with Gasteiger partial charge in [-0.25, -0.2) is 14.3 Å². The minimum absolute atomic E-state index is 0.209. The van der Waals surface area contributed by atoms with Crippen molar-refractivity contribution in [3.8, 4) is 11.6 Å². The van der Waals surface area contributed by atoms with Gasteiger partial charge in [0.25, 0.3) is 0 Å². The third-order valence-electron chi connectivity index (χ3n) is 6.46. The highest BCUT2D eigenvalue weighted by Gasteiger charge is 2.18. The van der Waals surface area contributed by atoms with Crippen molar-refractivity contribution in [3.05, 3.63) is 71.3 Å². The van der Waals surface area contributed by atoms with E-state index >= 15 is 0 Å². The second kappa shape index (κ2) is 12.0. The molecule has 0 aliphatic carbocycles. The van der Waals surface area contributed by atoms with Crippen LogP contribution in [0, 0.1) is 6.92 Å². The Morgan fingerprint density at radius 2 is 1.88 bits per heavy atom. The van der Waals surface area contributed by atoms with Gasteiger partial charge in [-0.15, -0.1) is 0 Å². The maximum Gasteiger partial charge on any atom is 0.334 e. The molecule has 2 N–H and O–H groups in total. The standard InChI is InChI=1S/C29H36N8O3/c1-8-27(38)31-20-17-21(25(40-9-2)18-23(20)35(6)15-14-34(4)5)32-28-30-13-12-26(33-28)37-22-11-10-19(3)16-24(22)36(7)29(37)39/h8,10-13,16-18H,1,9,14-15H2,2-7H3,(H,31,38)(H,30,32,33). The normalized spacial score (nSPS) is 11.1. The third-order valence-corrected chi connectivity index (χ3v) is 6.46. The number of nitrogens with one attached hydrogen (secondary N) is 2. The molecular weight excluding hydrogens is 508 g/mol. The Labute approximate surface area is 233 Å². The third kappa shape index (κ3) is 5.99. The molecule has 0 fully saturated rings. The molecule has 0 radical (unpaired) electrons. The number of amides is 1. The van der Waals surface area contributed by atoms with Crippen LogP contribution in [0.3, 0.4) is 0 Å². The largest absolute Gasteiger partial charge is 0.492 e. The molecule has 4 rings (SSSR count). The van der Waals surface area contributed by atoms with Crippen molar-refractivity contribution in [2.45, 2.75) is 13.8 Å². The smallest absolute Gasteiger partial charge is 0.334 e. The van der Waals surface area contributed by atoms with Crippen LogP contribution in [0.25, 0.3) is 16.9 Å². The van der Waals surface area contributed by atoms with Crippen molar-refractivity contribution in [2.75, 3.05) is 56.4 Å². The van der Waals surface area contributed by atoms with E-state index < -0.39 is 0 Å². The number of imidazole rings is 1. The van der Waals surface area contributed by atoms with Crippen molar-refractivity contribution >= 4 is 40.0 Å². The highest BCUT2D eigenvalue weighted by Crippen LogP contribution is 2.38. The zero-order valence-electron chi connectivity index (χ0n) is 23.9. The number of hydrogen-bond acceptors (Lipinski definition) is 8. The molecule has 1 amide bonds. The van der Waals surface area contributed by atoms with E-state index in [-0.39, 0.29) is 17.5 Å². The maximum absolute atomic E-state index is 13.2. The van der Waals surface area contributed by atoms with E-state index in [9.17, 15) is 9.59 Å². The highest BCUT2D eigenvalue weighted by molar-refractivity contribution is 6.02. The van der Waals surface area contributed by atoms with Gasteiger partial charge in [0, 0.05) is 45.5 Å². The van der Waals surface area contributed by atoms with Crippen LogP contribution in [0.2, 0.25) is 0 Å². The highest BCUT2D eigenvalue weighted by atomic mass is 16.5. The molecule has 11 nitrogen and oxygen atoms in total. The van der Waals surface area contributed by atoms with Gasteiger partial charge in [0.15, 0.2) is 0 Å². The molecule has 4 aromatic rings. The number of fused-ring (bicyclic) bond motifs is 1. The molecule has 11 heteroatoms. The van der Waals surface area contributed by atoms with Gasteiger partial charge < -0.3 is 25.2 Å². The lowest BCUT2D eigenvalue weighted by molar-refractivity contribution is -0.111. The van der Waals surface area contributed by atoms with Crippen molar-refractivity contribution in [1.82, 2.24) is 24.0 Å². The van der Waals surface area contributed by atoms with Crippen LogP contribution >= 0.6 is 0 Å². The average molecular weight is 545 g/mol. The molecule has 2 heterocycles. The van der Waals surface area contributed by atoms with E-state index in [0.29, 0.717) is 29.5 Å². The lowest BCUT2D eigenvalue weighted by Crippen LogP contribution is -2.29. The Hall–Kier alpha value is -4.64. The molecule has 0 aliphatic heterocycles. The summed E-state index contributed by atoms with van der Waals surface area (Å²) in [6, 6.07) is 11.2. The second-order valence-corrected chi connectivity index (χ2v) is 9.75. The van der Waals surface area contributed by atoms with E-state index in [1.54, 1.807) is 34.5 Å². The first kappa shape index (κ1) is 28.4. The fourth-order valence-electron chi connectivity index (χ4n) is 4.33. The van der Waals surface area contributed by atoms with Gasteiger partial charge in [-0.05, 0) is 57.8 Å². The topological polar surface area (TPSA) is 110 Å². The summed E-state index contributed by atoms with van der Waals surface area (Å²) in [5, 5.41) is 6.13. The molecule has 0 atom stereocenters. The molecule has 0 spiro atoms. The average Bonchev–Trinajstić information content (AvgIpc) is 3.17. The van der Waals surface area contributed by atoms with Gasteiger partial charge in [-0.2, -0.15) is 4.98 Å². The van der Waals surface area contributed by atoms with Crippen LogP contribution in [-0.2, 0) is 11.8 Å². The number of likely N-dealkylation sites (N-methyl/N-ethyl adjacent to an activating group) is 2. The molecule has 0 aliphatic rings. The summed E-state index contributed by atoms with van der Waals surface area (Å²) < 4.78 is 9.13. The number of hydrogen-bond donors (Lipinski definition) is 2. The summed E-state index contributed by atoms with van der Waals surface area (Å²) in [4.78, 5) is 38.6. The number of aromatic nitrogens is 4. The number of carbonyl (C=O) groups excluding carboxylic acids is 1. The Morgan fingerprint density at radius 3 is 2.58 bits per heavy atom. The molecule has 40 heavy (non-hydrogen) atoms. The van der Waals surface area contributed by atoms with Crippen molar-refractivity contribution in [3.63, 3.8) is 0 Å². The quantitative estimate of drug-likeness (QED) is 0.275. The zero-order chi connectivity index (χ0) is 29.0. The Kier molecular flexibility index (Phi) is 8.54. The Balaban J connectivity index is 1.76. The number of rotatable bonds is 11. The monoisotopic (exact) mass is 544 g/mol. The lowest BCUT2D eigenvalue weighted by Gasteiger charge is -2.26. The number of ether oxygens (including phenoxy) is 1. The second-order valence-electron chi connectivity index (χ2n) is 9.75. The fourth-order valence-corrected chi connectivity index (χ4v) is 4.33. The first-order valence-electron chi connectivity index (χ1n) is 13.0. The molecule has 2 aromatic carbocycles. The van der Waals surface area contributed by atoms with Crippen LogP contribution in [0.15, 0.2) is 60.0 Å². The zero-order valence-corrected chi connectivity index (χ0v) is 23.9. The number of benzene rings is 2. The number of anilines is 4. The first-order chi connectivity index (χ1) is 19.1. The summed E-state index contributed by atoms with van der Waals surface area (Å²) in [5.74, 6) is 0.929. The molecule has 0 unspecified atom stereocenters. The Morgan fingerprint density at radius 1 is 1.10 bits per heavy atom. The van der Waals surface area contributed by atoms with Crippen molar-refractivity contribution in [2.24, 2.45) is 7.05 Å². The van der Waals surface area contributed by atoms with Gasteiger partial charge in [0.1, 0.15) is 11.6 Å². The summed E-state index contributed by atoms with van der Waals surface area (Å²) in [6.45, 7) is 9.45. The first-order valence-corrected chi connectivity index (χ1v) is 13.0. The molecule has 0 saturated carbocycles. The van der Waals surface area contributed by atoms with Crippen molar-refractivity contribution in [1.29, 1.82) is 0 Å². The van der Waals surface area contributed by atoms with Crippen molar-refractivity contribution < 1.29 is 9.53 Å². The maximum atomic E-state index is 13.2. The SMILES string of the molecule is C=CC(=O)Nc1cc(Nc2nccc(-n3c(=O)n(C)c4cc(C)ccc43)n2)c(OCC)cc1N(C)CCN(C)C. The molecule has 2 aromatic heterocycles. The van der Waals surface area contributed by atoms with Crippen LogP contribution in [0.1, 0.15) is 12.5 Å². The van der Waals surface area contributed by atoms with Gasteiger partial charge >= 0.3 is 5.69 Å². The molecular formula is C29H36N8O3.